The maximum absolute atomic E-state index is 11.9. The molecule has 0 atom stereocenters. The van der Waals surface area contributed by atoms with Gasteiger partial charge in [-0.3, -0.25) is 0 Å². The van der Waals surface area contributed by atoms with E-state index in [2.05, 4.69) is 45.9 Å². The number of carbonyl (C=O) groups is 1. The summed E-state index contributed by atoms with van der Waals surface area (Å²) in [6, 6.07) is 12.6. The van der Waals surface area contributed by atoms with Gasteiger partial charge in [-0.05, 0) is 61.4 Å². The SMILES string of the molecule is CCOC(=O)C=C(C)c1cc2cccc(-c3cc(C(C)C)cc(C(C)C)c3OCC)c2o1. The van der Waals surface area contributed by atoms with E-state index < -0.39 is 0 Å². The summed E-state index contributed by atoms with van der Waals surface area (Å²) in [6.07, 6.45) is 1.47. The van der Waals surface area contributed by atoms with Gasteiger partial charge in [0.15, 0.2) is 0 Å². The number of para-hydroxylation sites is 1. The van der Waals surface area contributed by atoms with Gasteiger partial charge in [-0.1, -0.05) is 52.0 Å². The highest BCUT2D eigenvalue weighted by Crippen LogP contribution is 2.43. The van der Waals surface area contributed by atoms with Gasteiger partial charge in [0, 0.05) is 22.6 Å². The predicted octanol–water partition coefficient (Wildman–Crippen LogP) is 7.71. The Labute approximate surface area is 191 Å². The Morgan fingerprint density at radius 3 is 2.38 bits per heavy atom. The van der Waals surface area contributed by atoms with Crippen LogP contribution >= 0.6 is 0 Å². The van der Waals surface area contributed by atoms with Crippen LogP contribution < -0.4 is 4.74 Å². The molecule has 0 aliphatic heterocycles. The summed E-state index contributed by atoms with van der Waals surface area (Å²) in [7, 11) is 0. The first-order valence-corrected chi connectivity index (χ1v) is 11.5. The molecule has 4 heteroatoms. The van der Waals surface area contributed by atoms with Crippen molar-refractivity contribution in [1.29, 1.82) is 0 Å². The second-order valence-electron chi connectivity index (χ2n) is 8.64. The average Bonchev–Trinajstić information content (AvgIpc) is 3.18. The Balaban J connectivity index is 2.23. The minimum absolute atomic E-state index is 0.329. The zero-order valence-electron chi connectivity index (χ0n) is 20.2. The van der Waals surface area contributed by atoms with Crippen LogP contribution in [0.1, 0.15) is 77.2 Å². The first kappa shape index (κ1) is 23.6. The van der Waals surface area contributed by atoms with Gasteiger partial charge in [0.25, 0.3) is 0 Å². The summed E-state index contributed by atoms with van der Waals surface area (Å²) in [5.74, 6) is 1.92. The molecule has 1 aromatic heterocycles. The van der Waals surface area contributed by atoms with Crippen LogP contribution in [0.15, 0.2) is 46.9 Å². The van der Waals surface area contributed by atoms with Crippen molar-refractivity contribution in [2.75, 3.05) is 13.2 Å². The van der Waals surface area contributed by atoms with Gasteiger partial charge >= 0.3 is 5.97 Å². The fourth-order valence-corrected chi connectivity index (χ4v) is 3.84. The Kier molecular flexibility index (Phi) is 7.44. The molecule has 0 unspecified atom stereocenters. The van der Waals surface area contributed by atoms with E-state index in [-0.39, 0.29) is 5.97 Å². The van der Waals surface area contributed by atoms with Gasteiger partial charge in [-0.15, -0.1) is 0 Å². The Bertz CT molecular complexity index is 1130. The van der Waals surface area contributed by atoms with Crippen molar-refractivity contribution in [3.05, 3.63) is 59.4 Å². The Hall–Kier alpha value is -3.01. The zero-order valence-corrected chi connectivity index (χ0v) is 20.2. The van der Waals surface area contributed by atoms with Gasteiger partial charge in [0.1, 0.15) is 17.1 Å². The number of furan rings is 1. The van der Waals surface area contributed by atoms with Crippen molar-refractivity contribution in [3.8, 4) is 16.9 Å². The average molecular weight is 435 g/mol. The van der Waals surface area contributed by atoms with Crippen molar-refractivity contribution in [1.82, 2.24) is 0 Å². The molecule has 170 valence electrons. The highest BCUT2D eigenvalue weighted by Gasteiger charge is 2.20. The number of allylic oxidation sites excluding steroid dienone is 1. The number of hydrogen-bond donors (Lipinski definition) is 0. The molecule has 0 spiro atoms. The normalized spacial score (nSPS) is 12.1. The third-order valence-corrected chi connectivity index (χ3v) is 5.56. The topological polar surface area (TPSA) is 48.7 Å². The molecule has 2 aromatic carbocycles. The molecule has 0 aliphatic carbocycles. The summed E-state index contributed by atoms with van der Waals surface area (Å²) in [5, 5.41) is 0.984. The van der Waals surface area contributed by atoms with Crippen molar-refractivity contribution in [3.63, 3.8) is 0 Å². The number of hydrogen-bond acceptors (Lipinski definition) is 4. The van der Waals surface area contributed by atoms with Crippen LogP contribution in [0, 0.1) is 0 Å². The molecule has 0 N–H and O–H groups in total. The smallest absolute Gasteiger partial charge is 0.331 e. The minimum Gasteiger partial charge on any atom is -0.493 e. The van der Waals surface area contributed by atoms with Crippen LogP contribution in [0.4, 0.5) is 0 Å². The summed E-state index contributed by atoms with van der Waals surface area (Å²) in [4.78, 5) is 11.9. The summed E-state index contributed by atoms with van der Waals surface area (Å²) in [5.41, 5.74) is 6.03. The highest BCUT2D eigenvalue weighted by molar-refractivity contribution is 5.97. The molecule has 0 aliphatic rings. The van der Waals surface area contributed by atoms with Gasteiger partial charge in [0.05, 0.1) is 13.2 Å². The van der Waals surface area contributed by atoms with Crippen molar-refractivity contribution in [2.24, 2.45) is 0 Å². The molecule has 32 heavy (non-hydrogen) atoms. The largest absolute Gasteiger partial charge is 0.493 e. The number of esters is 1. The zero-order chi connectivity index (χ0) is 23.4. The predicted molar refractivity (Wildman–Crippen MR) is 131 cm³/mol. The first-order chi connectivity index (χ1) is 15.3. The molecule has 0 bridgehead atoms. The molecule has 0 fully saturated rings. The van der Waals surface area contributed by atoms with Gasteiger partial charge in [-0.2, -0.15) is 0 Å². The molecule has 0 amide bonds. The van der Waals surface area contributed by atoms with Crippen molar-refractivity contribution < 1.29 is 18.7 Å². The summed E-state index contributed by atoms with van der Waals surface area (Å²) < 4.78 is 17.5. The Morgan fingerprint density at radius 1 is 1.00 bits per heavy atom. The van der Waals surface area contributed by atoms with Crippen LogP contribution in [-0.2, 0) is 9.53 Å². The van der Waals surface area contributed by atoms with Gasteiger partial charge in [0.2, 0.25) is 0 Å². The lowest BCUT2D eigenvalue weighted by molar-refractivity contribution is -0.137. The standard InChI is InChI=1S/C28H34O4/c1-8-30-26(29)13-19(7)25-16-20-11-10-12-22(27(20)32-25)24-15-21(17(3)4)14-23(18(5)6)28(24)31-9-2/h10-18H,8-9H2,1-7H3. The lowest BCUT2D eigenvalue weighted by Gasteiger charge is -2.21. The maximum Gasteiger partial charge on any atom is 0.331 e. The lowest BCUT2D eigenvalue weighted by Crippen LogP contribution is -2.03. The molecule has 0 saturated heterocycles. The minimum atomic E-state index is -0.365. The van der Waals surface area contributed by atoms with Crippen molar-refractivity contribution in [2.45, 2.75) is 60.3 Å². The summed E-state index contributed by atoms with van der Waals surface area (Å²) >= 11 is 0. The van der Waals surface area contributed by atoms with Crippen LogP contribution in [0.5, 0.6) is 5.75 Å². The van der Waals surface area contributed by atoms with Crippen LogP contribution in [-0.4, -0.2) is 19.2 Å². The molecular weight excluding hydrogens is 400 g/mol. The molecule has 1 heterocycles. The van der Waals surface area contributed by atoms with E-state index in [0.29, 0.717) is 30.8 Å². The number of rotatable bonds is 8. The van der Waals surface area contributed by atoms with E-state index >= 15 is 0 Å². The van der Waals surface area contributed by atoms with E-state index in [0.717, 1.165) is 33.4 Å². The molecule has 4 nitrogen and oxygen atoms in total. The molecule has 3 aromatic rings. The lowest BCUT2D eigenvalue weighted by atomic mass is 9.89. The van der Waals surface area contributed by atoms with E-state index in [1.807, 2.05) is 32.0 Å². The molecule has 0 radical (unpaired) electrons. The van der Waals surface area contributed by atoms with E-state index in [4.69, 9.17) is 13.9 Å². The molecular formula is C28H34O4. The number of fused-ring (bicyclic) bond motifs is 1. The van der Waals surface area contributed by atoms with Gasteiger partial charge in [-0.25, -0.2) is 4.79 Å². The van der Waals surface area contributed by atoms with E-state index in [1.165, 1.54) is 17.2 Å². The van der Waals surface area contributed by atoms with Crippen LogP contribution in [0.3, 0.4) is 0 Å². The quantitative estimate of drug-likeness (QED) is 0.269. The fourth-order valence-electron chi connectivity index (χ4n) is 3.84. The van der Waals surface area contributed by atoms with Gasteiger partial charge < -0.3 is 13.9 Å². The monoisotopic (exact) mass is 434 g/mol. The third kappa shape index (κ3) is 4.90. The third-order valence-electron chi connectivity index (χ3n) is 5.56. The number of ether oxygens (including phenoxy) is 2. The van der Waals surface area contributed by atoms with Crippen molar-refractivity contribution >= 4 is 22.5 Å². The number of carbonyl (C=O) groups excluding carboxylic acids is 1. The Morgan fingerprint density at radius 2 is 1.75 bits per heavy atom. The second-order valence-corrected chi connectivity index (χ2v) is 8.64. The summed E-state index contributed by atoms with van der Waals surface area (Å²) in [6.45, 7) is 15.4. The first-order valence-electron chi connectivity index (χ1n) is 11.5. The fraction of sp³-hybridized carbons (Fsp3) is 0.393. The highest BCUT2D eigenvalue weighted by atomic mass is 16.5. The molecule has 3 rings (SSSR count). The second kappa shape index (κ2) is 10.1. The molecule has 0 saturated carbocycles. The van der Waals surface area contributed by atoms with E-state index in [1.54, 1.807) is 6.92 Å². The van der Waals surface area contributed by atoms with E-state index in [9.17, 15) is 4.79 Å². The maximum atomic E-state index is 11.9. The van der Waals surface area contributed by atoms with Crippen LogP contribution in [0.2, 0.25) is 0 Å². The number of benzene rings is 2. The van der Waals surface area contributed by atoms with Crippen LogP contribution in [0.25, 0.3) is 27.7 Å².